The summed E-state index contributed by atoms with van der Waals surface area (Å²) in [6.45, 7) is 12.8. The van der Waals surface area contributed by atoms with Crippen LogP contribution in [0.1, 0.15) is 92.9 Å². The highest BCUT2D eigenvalue weighted by molar-refractivity contribution is 5.76. The van der Waals surface area contributed by atoms with Gasteiger partial charge in [-0.2, -0.15) is 0 Å². The Morgan fingerprint density at radius 2 is 1.56 bits per heavy atom. The van der Waals surface area contributed by atoms with E-state index >= 15 is 0 Å². The summed E-state index contributed by atoms with van der Waals surface area (Å²) in [6.07, 6.45) is 5.27. The van der Waals surface area contributed by atoms with Gasteiger partial charge in [0.05, 0.1) is 30.3 Å². The lowest BCUT2D eigenvalue weighted by atomic mass is 9.33. The zero-order valence-corrected chi connectivity index (χ0v) is 23.0. The molecule has 204 valence electrons. The largest absolute Gasteiger partial charge is 0.481 e. The third kappa shape index (κ3) is 3.08. The van der Waals surface area contributed by atoms with Crippen molar-refractivity contribution in [1.29, 1.82) is 0 Å². The predicted molar refractivity (Wildman–Crippen MR) is 137 cm³/mol. The van der Waals surface area contributed by atoms with E-state index in [0.29, 0.717) is 19.3 Å². The van der Waals surface area contributed by atoms with E-state index in [1.807, 2.05) is 6.92 Å². The van der Waals surface area contributed by atoms with Crippen LogP contribution < -0.4 is 0 Å². The number of rotatable bonds is 2. The van der Waals surface area contributed by atoms with Gasteiger partial charge in [0, 0.05) is 11.3 Å². The number of allylic oxidation sites excluding steroid dienone is 2. The first-order chi connectivity index (χ1) is 16.5. The van der Waals surface area contributed by atoms with Crippen LogP contribution in [0.5, 0.6) is 0 Å². The Balaban J connectivity index is 1.64. The van der Waals surface area contributed by atoms with Gasteiger partial charge in [0.1, 0.15) is 0 Å². The van der Waals surface area contributed by atoms with Crippen molar-refractivity contribution in [3.05, 3.63) is 11.6 Å². The maximum Gasteiger partial charge on any atom is 0.310 e. The summed E-state index contributed by atoms with van der Waals surface area (Å²) in [5, 5.41) is 54.6. The highest BCUT2D eigenvalue weighted by Crippen LogP contribution is 2.75. The fraction of sp³-hybridized carbons (Fsp3) is 0.900. The number of carboxylic acids is 1. The van der Waals surface area contributed by atoms with Gasteiger partial charge in [0.2, 0.25) is 0 Å². The molecule has 5 rings (SSSR count). The van der Waals surface area contributed by atoms with Crippen molar-refractivity contribution in [3.8, 4) is 0 Å². The van der Waals surface area contributed by atoms with Gasteiger partial charge < -0.3 is 25.5 Å². The van der Waals surface area contributed by atoms with Gasteiger partial charge in [-0.15, -0.1) is 0 Å². The maximum absolute atomic E-state index is 12.8. The van der Waals surface area contributed by atoms with E-state index in [1.54, 1.807) is 0 Å². The molecule has 1 unspecified atom stereocenters. The fourth-order valence-electron chi connectivity index (χ4n) is 10.9. The van der Waals surface area contributed by atoms with Crippen molar-refractivity contribution in [2.45, 2.75) is 111 Å². The van der Waals surface area contributed by atoms with Gasteiger partial charge >= 0.3 is 5.97 Å². The Hall–Kier alpha value is -0.950. The Morgan fingerprint density at radius 3 is 2.17 bits per heavy atom. The molecule has 4 fully saturated rings. The molecule has 5 aliphatic carbocycles. The number of hydrogen-bond acceptors (Lipinski definition) is 5. The molecule has 5 N–H and O–H groups in total. The van der Waals surface area contributed by atoms with Crippen LogP contribution in [0.15, 0.2) is 11.6 Å². The molecular weight excluding hydrogens is 456 g/mol. The lowest BCUT2D eigenvalue weighted by molar-refractivity contribution is -0.273. The Labute approximate surface area is 216 Å². The minimum Gasteiger partial charge on any atom is -0.481 e. The van der Waals surface area contributed by atoms with Gasteiger partial charge in [-0.3, -0.25) is 4.79 Å². The summed E-state index contributed by atoms with van der Waals surface area (Å²) in [5.74, 6) is -0.842. The van der Waals surface area contributed by atoms with Crippen molar-refractivity contribution in [3.63, 3.8) is 0 Å². The van der Waals surface area contributed by atoms with Crippen LogP contribution in [0.3, 0.4) is 0 Å². The van der Waals surface area contributed by atoms with Gasteiger partial charge in [-0.25, -0.2) is 0 Å². The summed E-state index contributed by atoms with van der Waals surface area (Å²) in [5.41, 5.74) is -1.32. The molecule has 11 atom stereocenters. The van der Waals surface area contributed by atoms with E-state index in [1.165, 1.54) is 5.57 Å². The number of carboxylic acid groups (broad SMARTS) is 1. The molecule has 0 spiro atoms. The Morgan fingerprint density at radius 1 is 0.917 bits per heavy atom. The highest BCUT2D eigenvalue weighted by Gasteiger charge is 2.72. The molecule has 6 heteroatoms. The summed E-state index contributed by atoms with van der Waals surface area (Å²) in [7, 11) is 0. The first kappa shape index (κ1) is 26.6. The lowest BCUT2D eigenvalue weighted by Crippen LogP contribution is -2.71. The van der Waals surface area contributed by atoms with Crippen LogP contribution >= 0.6 is 0 Å². The zero-order chi connectivity index (χ0) is 26.7. The van der Waals surface area contributed by atoms with Crippen LogP contribution in [0.2, 0.25) is 0 Å². The molecule has 36 heavy (non-hydrogen) atoms. The second-order valence-corrected chi connectivity index (χ2v) is 15.2. The number of aliphatic carboxylic acids is 1. The molecule has 0 bridgehead atoms. The fourth-order valence-corrected chi connectivity index (χ4v) is 10.9. The zero-order valence-electron chi connectivity index (χ0n) is 23.0. The van der Waals surface area contributed by atoms with Crippen molar-refractivity contribution in [2.24, 2.45) is 50.2 Å². The van der Waals surface area contributed by atoms with Crippen molar-refractivity contribution in [2.75, 3.05) is 6.61 Å². The number of carbonyl (C=O) groups is 1. The number of aliphatic hydroxyl groups is 4. The molecule has 0 amide bonds. The van der Waals surface area contributed by atoms with Gasteiger partial charge in [-0.05, 0) is 84.9 Å². The van der Waals surface area contributed by atoms with Crippen molar-refractivity contribution in [1.82, 2.24) is 0 Å². The molecule has 0 aromatic heterocycles. The molecule has 0 heterocycles. The third-order valence-corrected chi connectivity index (χ3v) is 13.0. The quantitative estimate of drug-likeness (QED) is 0.361. The second kappa shape index (κ2) is 7.80. The van der Waals surface area contributed by atoms with Crippen LogP contribution in [-0.2, 0) is 4.79 Å². The van der Waals surface area contributed by atoms with Gasteiger partial charge in [0.15, 0.2) is 0 Å². The summed E-state index contributed by atoms with van der Waals surface area (Å²) < 4.78 is 0. The van der Waals surface area contributed by atoms with E-state index < -0.39 is 40.5 Å². The average Bonchev–Trinajstić information content (AvgIpc) is 2.77. The minimum absolute atomic E-state index is 0.000534. The predicted octanol–water partition coefficient (Wildman–Crippen LogP) is 4.15. The highest BCUT2D eigenvalue weighted by atomic mass is 16.4. The Kier molecular flexibility index (Phi) is 5.77. The Bertz CT molecular complexity index is 974. The molecule has 0 aromatic rings. The second-order valence-electron chi connectivity index (χ2n) is 15.2. The topological polar surface area (TPSA) is 118 Å². The average molecular weight is 505 g/mol. The smallest absolute Gasteiger partial charge is 0.310 e. The number of aliphatic hydroxyl groups excluding tert-OH is 4. The monoisotopic (exact) mass is 504 g/mol. The molecule has 0 radical (unpaired) electrons. The summed E-state index contributed by atoms with van der Waals surface area (Å²) in [6, 6.07) is 0. The van der Waals surface area contributed by atoms with E-state index in [0.717, 1.165) is 32.1 Å². The standard InChI is InChI=1S/C30H48O6/c1-25(2)9-11-30(24(35)36)12-10-28(5)17(18(30)13-25)7-8-21-26(3)14-20(33)23(34)27(4,16-31)22(26)19(32)15-29(21,28)6/h7,18-23,31-34H,8-16H2,1-6H3,(H,35,36)/t18-,19+,20+,21+,22?,23-,26+,27-,28+,29+,30-/m0/s1. The van der Waals surface area contributed by atoms with E-state index in [4.69, 9.17) is 0 Å². The molecule has 6 nitrogen and oxygen atoms in total. The van der Waals surface area contributed by atoms with Crippen molar-refractivity contribution < 1.29 is 30.3 Å². The normalized spacial score (nSPS) is 55.9. The molecular formula is C30H48O6. The third-order valence-electron chi connectivity index (χ3n) is 13.0. The molecule has 5 aliphatic rings. The van der Waals surface area contributed by atoms with Gasteiger partial charge in [-0.1, -0.05) is 53.2 Å². The summed E-state index contributed by atoms with van der Waals surface area (Å²) >= 11 is 0. The van der Waals surface area contributed by atoms with Crippen LogP contribution in [0.4, 0.5) is 0 Å². The molecule has 0 aliphatic heterocycles. The first-order valence-corrected chi connectivity index (χ1v) is 14.1. The molecule has 0 saturated heterocycles. The van der Waals surface area contributed by atoms with E-state index in [-0.39, 0.29) is 40.6 Å². The minimum atomic E-state index is -1.08. The van der Waals surface area contributed by atoms with E-state index in [9.17, 15) is 30.3 Å². The molecule has 0 aromatic carbocycles. The van der Waals surface area contributed by atoms with Crippen LogP contribution in [-0.4, -0.2) is 56.4 Å². The van der Waals surface area contributed by atoms with Crippen LogP contribution in [0.25, 0.3) is 0 Å². The van der Waals surface area contributed by atoms with E-state index in [2.05, 4.69) is 40.7 Å². The number of hydrogen-bond donors (Lipinski definition) is 5. The molecule has 4 saturated carbocycles. The number of fused-ring (bicyclic) bond motifs is 7. The first-order valence-electron chi connectivity index (χ1n) is 14.1. The lowest BCUT2D eigenvalue weighted by Gasteiger charge is -2.72. The van der Waals surface area contributed by atoms with Gasteiger partial charge in [0.25, 0.3) is 0 Å². The van der Waals surface area contributed by atoms with Crippen LogP contribution in [0, 0.1) is 50.2 Å². The van der Waals surface area contributed by atoms with Crippen molar-refractivity contribution >= 4 is 5.97 Å². The SMILES string of the molecule is CC1(C)CC[C@]2(C(=O)O)CC[C@]3(C)C(=CC[C@@H]4[C@@]5(C)C[C@@H](O)[C@H](O)[C@@](C)(CO)C5[C@H](O)C[C@]43C)[C@@H]2C1. The maximum atomic E-state index is 12.8. The summed E-state index contributed by atoms with van der Waals surface area (Å²) in [4.78, 5) is 12.8.